The molecule has 1 rings (SSSR count). The van der Waals surface area contributed by atoms with Gasteiger partial charge in [0.1, 0.15) is 0 Å². The Balaban J connectivity index is 2.89. The summed E-state index contributed by atoms with van der Waals surface area (Å²) < 4.78 is 10.2. The van der Waals surface area contributed by atoms with Gasteiger partial charge in [-0.25, -0.2) is 0 Å². The molecule has 1 atom stereocenters. The molecule has 5 nitrogen and oxygen atoms in total. The number of aliphatic imine (C=N–C) groups is 1. The lowest BCUT2D eigenvalue weighted by Gasteiger charge is -2.28. The summed E-state index contributed by atoms with van der Waals surface area (Å²) in [7, 11) is 1.51. The van der Waals surface area contributed by atoms with Crippen molar-refractivity contribution in [3.8, 4) is 0 Å². The summed E-state index contributed by atoms with van der Waals surface area (Å²) in [5, 5.41) is 0. The molecule has 74 valence electrons. The van der Waals surface area contributed by atoms with E-state index in [1.807, 2.05) is 13.8 Å². The molecular weight excluding hydrogens is 172 g/mol. The lowest BCUT2D eigenvalue weighted by atomic mass is 9.90. The standard InChI is InChI=1S/C8H14N2O3/c1-5(2)8(4-12-3)6(11)10-7(9)13-8/h5H,4H2,1-3H3,(H2,9,10,11). The maximum Gasteiger partial charge on any atom is 0.297 e. The van der Waals surface area contributed by atoms with Crippen molar-refractivity contribution in [2.45, 2.75) is 19.4 Å². The monoisotopic (exact) mass is 186 g/mol. The van der Waals surface area contributed by atoms with Gasteiger partial charge in [0, 0.05) is 13.0 Å². The van der Waals surface area contributed by atoms with Crippen molar-refractivity contribution in [1.82, 2.24) is 0 Å². The van der Waals surface area contributed by atoms with Crippen LogP contribution in [-0.4, -0.2) is 31.2 Å². The molecule has 0 aliphatic carbocycles. The van der Waals surface area contributed by atoms with Crippen LogP contribution in [0.4, 0.5) is 0 Å². The van der Waals surface area contributed by atoms with Gasteiger partial charge in [0.25, 0.3) is 11.9 Å². The molecule has 1 amide bonds. The van der Waals surface area contributed by atoms with Gasteiger partial charge >= 0.3 is 0 Å². The Kier molecular flexibility index (Phi) is 2.56. The first-order valence-corrected chi connectivity index (χ1v) is 4.09. The summed E-state index contributed by atoms with van der Waals surface area (Å²) in [5.74, 6) is -0.383. The number of carbonyl (C=O) groups excluding carboxylic acids is 1. The van der Waals surface area contributed by atoms with E-state index in [2.05, 4.69) is 4.99 Å². The molecule has 0 aromatic rings. The smallest absolute Gasteiger partial charge is 0.297 e. The zero-order valence-electron chi connectivity index (χ0n) is 8.03. The van der Waals surface area contributed by atoms with E-state index < -0.39 is 5.60 Å². The highest BCUT2D eigenvalue weighted by atomic mass is 16.6. The lowest BCUT2D eigenvalue weighted by Crippen LogP contribution is -2.47. The number of hydrogen-bond donors (Lipinski definition) is 1. The quantitative estimate of drug-likeness (QED) is 0.667. The molecule has 0 saturated heterocycles. The van der Waals surface area contributed by atoms with Crippen molar-refractivity contribution in [2.24, 2.45) is 16.6 Å². The van der Waals surface area contributed by atoms with Crippen molar-refractivity contribution in [1.29, 1.82) is 0 Å². The summed E-state index contributed by atoms with van der Waals surface area (Å²) in [6.45, 7) is 3.91. The van der Waals surface area contributed by atoms with E-state index in [4.69, 9.17) is 15.2 Å². The molecule has 0 bridgehead atoms. The van der Waals surface area contributed by atoms with E-state index in [0.717, 1.165) is 0 Å². The van der Waals surface area contributed by atoms with Crippen LogP contribution in [0.2, 0.25) is 0 Å². The van der Waals surface area contributed by atoms with Gasteiger partial charge in [-0.15, -0.1) is 0 Å². The second-order valence-electron chi connectivity index (χ2n) is 3.33. The summed E-state index contributed by atoms with van der Waals surface area (Å²) in [6, 6.07) is -0.0734. The van der Waals surface area contributed by atoms with E-state index >= 15 is 0 Å². The Bertz CT molecular complexity index is 250. The van der Waals surface area contributed by atoms with Gasteiger partial charge in [0.15, 0.2) is 0 Å². The minimum Gasteiger partial charge on any atom is -0.445 e. The van der Waals surface area contributed by atoms with Gasteiger partial charge in [-0.1, -0.05) is 13.8 Å². The fourth-order valence-corrected chi connectivity index (χ4v) is 1.28. The number of rotatable bonds is 3. The predicted molar refractivity (Wildman–Crippen MR) is 47.2 cm³/mol. The minimum atomic E-state index is -1.02. The maximum atomic E-state index is 11.5. The first-order chi connectivity index (χ1) is 6.03. The average molecular weight is 186 g/mol. The molecule has 1 aliphatic rings. The molecule has 1 aliphatic heterocycles. The first-order valence-electron chi connectivity index (χ1n) is 4.09. The number of carbonyl (C=O) groups is 1. The van der Waals surface area contributed by atoms with Crippen LogP contribution in [0.1, 0.15) is 13.8 Å². The van der Waals surface area contributed by atoms with Crippen LogP contribution >= 0.6 is 0 Å². The summed E-state index contributed by atoms with van der Waals surface area (Å²) in [6.07, 6.45) is 0. The van der Waals surface area contributed by atoms with Crippen molar-refractivity contribution < 1.29 is 14.3 Å². The number of hydrogen-bond acceptors (Lipinski definition) is 4. The molecule has 0 saturated carbocycles. The Morgan fingerprint density at radius 1 is 1.69 bits per heavy atom. The van der Waals surface area contributed by atoms with Crippen LogP contribution in [0.15, 0.2) is 4.99 Å². The number of ether oxygens (including phenoxy) is 2. The van der Waals surface area contributed by atoms with Gasteiger partial charge in [0.2, 0.25) is 5.60 Å². The van der Waals surface area contributed by atoms with Gasteiger partial charge < -0.3 is 15.2 Å². The van der Waals surface area contributed by atoms with E-state index in [1.165, 1.54) is 7.11 Å². The second-order valence-corrected chi connectivity index (χ2v) is 3.33. The predicted octanol–water partition coefficient (Wildman–Crippen LogP) is -0.101. The Morgan fingerprint density at radius 3 is 2.62 bits per heavy atom. The van der Waals surface area contributed by atoms with Crippen molar-refractivity contribution in [3.63, 3.8) is 0 Å². The molecule has 0 spiro atoms. The van der Waals surface area contributed by atoms with Gasteiger partial charge in [-0.2, -0.15) is 4.99 Å². The number of nitrogens with two attached hydrogens (primary N) is 1. The zero-order chi connectivity index (χ0) is 10.1. The summed E-state index contributed by atoms with van der Waals surface area (Å²) in [4.78, 5) is 15.0. The zero-order valence-corrected chi connectivity index (χ0v) is 8.03. The second kappa shape index (κ2) is 3.33. The molecule has 0 radical (unpaired) electrons. The average Bonchev–Trinajstić information content (AvgIpc) is 2.28. The van der Waals surface area contributed by atoms with Crippen LogP contribution in [0.3, 0.4) is 0 Å². The highest BCUT2D eigenvalue weighted by Crippen LogP contribution is 2.28. The van der Waals surface area contributed by atoms with Gasteiger partial charge in [0.05, 0.1) is 6.61 Å². The SMILES string of the molecule is COCC1(C(C)C)OC(N)=NC1=O. The van der Waals surface area contributed by atoms with E-state index in [1.54, 1.807) is 0 Å². The van der Waals surface area contributed by atoms with Crippen LogP contribution in [-0.2, 0) is 14.3 Å². The summed E-state index contributed by atoms with van der Waals surface area (Å²) >= 11 is 0. The molecule has 2 N–H and O–H groups in total. The first kappa shape index (κ1) is 9.98. The fourth-order valence-electron chi connectivity index (χ4n) is 1.28. The lowest BCUT2D eigenvalue weighted by molar-refractivity contribution is -0.140. The van der Waals surface area contributed by atoms with Crippen molar-refractivity contribution in [2.75, 3.05) is 13.7 Å². The highest BCUT2D eigenvalue weighted by Gasteiger charge is 2.49. The van der Waals surface area contributed by atoms with Gasteiger partial charge in [-0.05, 0) is 0 Å². The Hall–Kier alpha value is -1.10. The molecule has 1 heterocycles. The topological polar surface area (TPSA) is 73.9 Å². The van der Waals surface area contributed by atoms with E-state index in [9.17, 15) is 4.79 Å². The maximum absolute atomic E-state index is 11.5. The summed E-state index contributed by atoms with van der Waals surface area (Å²) in [5.41, 5.74) is 4.31. The number of amides is 1. The number of amidine groups is 1. The molecule has 0 aromatic carbocycles. The molecule has 13 heavy (non-hydrogen) atoms. The largest absolute Gasteiger partial charge is 0.445 e. The van der Waals surface area contributed by atoms with Crippen molar-refractivity contribution in [3.05, 3.63) is 0 Å². The third-order valence-corrected chi connectivity index (χ3v) is 2.15. The van der Waals surface area contributed by atoms with Crippen LogP contribution < -0.4 is 5.73 Å². The molecule has 5 heteroatoms. The van der Waals surface area contributed by atoms with Gasteiger partial charge in [-0.3, -0.25) is 4.79 Å². The number of methoxy groups -OCH3 is 1. The van der Waals surface area contributed by atoms with Crippen LogP contribution in [0.5, 0.6) is 0 Å². The molecule has 0 fully saturated rings. The molecule has 0 aromatic heterocycles. The molecule has 1 unspecified atom stereocenters. The molecular formula is C8H14N2O3. The van der Waals surface area contributed by atoms with Crippen LogP contribution in [0, 0.1) is 5.92 Å². The Morgan fingerprint density at radius 2 is 2.31 bits per heavy atom. The third-order valence-electron chi connectivity index (χ3n) is 2.15. The normalized spacial score (nSPS) is 27.7. The fraction of sp³-hybridized carbons (Fsp3) is 0.750. The van der Waals surface area contributed by atoms with E-state index in [-0.39, 0.29) is 24.5 Å². The highest BCUT2D eigenvalue weighted by molar-refractivity contribution is 6.01. The van der Waals surface area contributed by atoms with Crippen LogP contribution in [0.25, 0.3) is 0 Å². The third kappa shape index (κ3) is 1.51. The van der Waals surface area contributed by atoms with Crippen molar-refractivity contribution >= 4 is 11.9 Å². The Labute approximate surface area is 76.9 Å². The van der Waals surface area contributed by atoms with E-state index in [0.29, 0.717) is 0 Å². The minimum absolute atomic E-state index is 0.0234. The number of nitrogens with zero attached hydrogens (tertiary/aromatic N) is 1.